The van der Waals surface area contributed by atoms with Crippen molar-refractivity contribution in [1.82, 2.24) is 4.90 Å². The van der Waals surface area contributed by atoms with Crippen LogP contribution >= 0.6 is 11.3 Å². The van der Waals surface area contributed by atoms with Crippen molar-refractivity contribution in [2.24, 2.45) is 0 Å². The van der Waals surface area contributed by atoms with Crippen LogP contribution in [0.1, 0.15) is 57.5 Å². The van der Waals surface area contributed by atoms with E-state index in [4.69, 9.17) is 4.74 Å². The van der Waals surface area contributed by atoms with Crippen LogP contribution in [0, 0.1) is 18.3 Å². The Morgan fingerprint density at radius 1 is 1.18 bits per heavy atom. The van der Waals surface area contributed by atoms with Crippen LogP contribution in [0.15, 0.2) is 24.3 Å². The second kappa shape index (κ2) is 10.0. The SMILES string of the molecule is CCOC(=O)c1sc(NC(=O)c2ccc(CN(CC)CC)cc2)c(C#N)c1C. The topological polar surface area (TPSA) is 82.4 Å². The van der Waals surface area contributed by atoms with Gasteiger partial charge in [0.1, 0.15) is 15.9 Å². The number of esters is 1. The molecule has 0 aliphatic heterocycles. The number of carbonyl (C=O) groups excluding carboxylic acids is 2. The highest BCUT2D eigenvalue weighted by Crippen LogP contribution is 2.33. The van der Waals surface area contributed by atoms with Crippen molar-refractivity contribution in [3.63, 3.8) is 0 Å². The smallest absolute Gasteiger partial charge is 0.348 e. The first-order valence-corrected chi connectivity index (χ1v) is 10.1. The number of nitrogens with one attached hydrogen (secondary N) is 1. The monoisotopic (exact) mass is 399 g/mol. The van der Waals surface area contributed by atoms with Gasteiger partial charge in [0, 0.05) is 12.1 Å². The highest BCUT2D eigenvalue weighted by atomic mass is 32.1. The van der Waals surface area contributed by atoms with Crippen molar-refractivity contribution in [3.8, 4) is 6.07 Å². The molecule has 0 saturated carbocycles. The van der Waals surface area contributed by atoms with E-state index in [2.05, 4.69) is 30.1 Å². The first-order chi connectivity index (χ1) is 13.4. The first-order valence-electron chi connectivity index (χ1n) is 9.28. The summed E-state index contributed by atoms with van der Waals surface area (Å²) < 4.78 is 5.02. The maximum atomic E-state index is 12.6. The van der Waals surface area contributed by atoms with E-state index < -0.39 is 5.97 Å². The second-order valence-electron chi connectivity index (χ2n) is 6.21. The van der Waals surface area contributed by atoms with E-state index in [9.17, 15) is 14.9 Å². The minimum absolute atomic E-state index is 0.250. The summed E-state index contributed by atoms with van der Waals surface area (Å²) >= 11 is 1.06. The number of anilines is 1. The van der Waals surface area contributed by atoms with Gasteiger partial charge in [-0.1, -0.05) is 26.0 Å². The van der Waals surface area contributed by atoms with Crippen molar-refractivity contribution in [2.75, 3.05) is 25.0 Å². The molecule has 2 rings (SSSR count). The molecule has 1 N–H and O–H groups in total. The highest BCUT2D eigenvalue weighted by molar-refractivity contribution is 7.18. The zero-order valence-corrected chi connectivity index (χ0v) is 17.5. The number of hydrogen-bond donors (Lipinski definition) is 1. The third-order valence-corrected chi connectivity index (χ3v) is 5.65. The highest BCUT2D eigenvalue weighted by Gasteiger charge is 2.22. The quantitative estimate of drug-likeness (QED) is 0.673. The zero-order chi connectivity index (χ0) is 20.7. The van der Waals surface area contributed by atoms with Crippen molar-refractivity contribution >= 4 is 28.2 Å². The van der Waals surface area contributed by atoms with Gasteiger partial charge in [-0.3, -0.25) is 9.69 Å². The molecular weight excluding hydrogens is 374 g/mol. The summed E-state index contributed by atoms with van der Waals surface area (Å²) in [6, 6.07) is 9.47. The molecule has 2 aromatic rings. The number of thiophene rings is 1. The maximum Gasteiger partial charge on any atom is 0.348 e. The molecule has 0 spiro atoms. The first kappa shape index (κ1) is 21.6. The standard InChI is InChI=1S/C21H25N3O3S/c1-5-24(6-2)13-15-8-10-16(11-9-15)19(25)23-20-17(12-22)14(4)18(28-20)21(26)27-7-3/h8-11H,5-7,13H2,1-4H3,(H,23,25). The average molecular weight is 400 g/mol. The largest absolute Gasteiger partial charge is 0.462 e. The van der Waals surface area contributed by atoms with Crippen molar-refractivity contribution in [3.05, 3.63) is 51.4 Å². The Morgan fingerprint density at radius 2 is 1.82 bits per heavy atom. The van der Waals surface area contributed by atoms with Gasteiger partial charge in [0.15, 0.2) is 0 Å². The molecule has 28 heavy (non-hydrogen) atoms. The summed E-state index contributed by atoms with van der Waals surface area (Å²) in [5, 5.41) is 12.5. The van der Waals surface area contributed by atoms with Crippen molar-refractivity contribution in [1.29, 1.82) is 5.26 Å². The molecule has 0 unspecified atom stereocenters. The number of benzene rings is 1. The fourth-order valence-corrected chi connectivity index (χ4v) is 3.82. The number of rotatable bonds is 8. The average Bonchev–Trinajstić information content (AvgIpc) is 3.01. The fraction of sp³-hybridized carbons (Fsp3) is 0.381. The van der Waals surface area contributed by atoms with Crippen LogP contribution in [0.3, 0.4) is 0 Å². The summed E-state index contributed by atoms with van der Waals surface area (Å²) in [5.74, 6) is -0.801. The van der Waals surface area contributed by atoms with Crippen LogP contribution in [0.5, 0.6) is 0 Å². The van der Waals surface area contributed by atoms with Crippen molar-refractivity contribution < 1.29 is 14.3 Å². The minimum Gasteiger partial charge on any atom is -0.462 e. The Balaban J connectivity index is 2.17. The molecule has 0 saturated heterocycles. The van der Waals surface area contributed by atoms with Gasteiger partial charge in [0.05, 0.1) is 12.2 Å². The van der Waals surface area contributed by atoms with Gasteiger partial charge < -0.3 is 10.1 Å². The van der Waals surface area contributed by atoms with Gasteiger partial charge in [-0.2, -0.15) is 5.26 Å². The van der Waals surface area contributed by atoms with Crippen LogP contribution in [0.4, 0.5) is 5.00 Å². The molecule has 0 aliphatic carbocycles. The zero-order valence-electron chi connectivity index (χ0n) is 16.7. The molecule has 7 heteroatoms. The lowest BCUT2D eigenvalue weighted by atomic mass is 10.1. The number of carbonyl (C=O) groups is 2. The third-order valence-electron chi connectivity index (χ3n) is 4.46. The van der Waals surface area contributed by atoms with E-state index in [1.54, 1.807) is 26.0 Å². The third kappa shape index (κ3) is 4.97. The molecule has 6 nitrogen and oxygen atoms in total. The molecule has 1 amide bonds. The van der Waals surface area contributed by atoms with Crippen LogP contribution in [0.25, 0.3) is 0 Å². The van der Waals surface area contributed by atoms with Crippen LogP contribution in [-0.2, 0) is 11.3 Å². The number of hydrogen-bond acceptors (Lipinski definition) is 6. The molecule has 0 aliphatic rings. The number of nitriles is 1. The molecule has 1 heterocycles. The molecule has 1 aromatic heterocycles. The van der Waals surface area contributed by atoms with E-state index in [0.717, 1.165) is 36.5 Å². The summed E-state index contributed by atoms with van der Waals surface area (Å²) in [7, 11) is 0. The van der Waals surface area contributed by atoms with Gasteiger partial charge in [-0.25, -0.2) is 4.79 Å². The van der Waals surface area contributed by atoms with E-state index in [1.165, 1.54) is 0 Å². The minimum atomic E-state index is -0.484. The lowest BCUT2D eigenvalue weighted by molar-refractivity contribution is 0.0531. The molecule has 0 bridgehead atoms. The predicted octanol–water partition coefficient (Wildman–Crippen LogP) is 4.20. The molecule has 148 valence electrons. The van der Waals surface area contributed by atoms with Crippen LogP contribution in [-0.4, -0.2) is 36.5 Å². The second-order valence-corrected chi connectivity index (χ2v) is 7.23. The lowest BCUT2D eigenvalue weighted by Crippen LogP contribution is -2.22. The van der Waals surface area contributed by atoms with E-state index in [0.29, 0.717) is 26.6 Å². The summed E-state index contributed by atoms with van der Waals surface area (Å²) in [4.78, 5) is 27.3. The Bertz CT molecular complexity index is 878. The van der Waals surface area contributed by atoms with Gasteiger partial charge >= 0.3 is 5.97 Å². The summed E-state index contributed by atoms with van der Waals surface area (Å²) in [5.41, 5.74) is 2.45. The van der Waals surface area contributed by atoms with Crippen molar-refractivity contribution in [2.45, 2.75) is 34.2 Å². The van der Waals surface area contributed by atoms with Gasteiger partial charge in [0.25, 0.3) is 5.91 Å². The molecule has 0 fully saturated rings. The van der Waals surface area contributed by atoms with E-state index >= 15 is 0 Å². The van der Waals surface area contributed by atoms with Crippen LogP contribution < -0.4 is 5.32 Å². The lowest BCUT2D eigenvalue weighted by Gasteiger charge is -2.18. The maximum absolute atomic E-state index is 12.6. The van der Waals surface area contributed by atoms with Gasteiger partial charge in [0.2, 0.25) is 0 Å². The summed E-state index contributed by atoms with van der Waals surface area (Å²) in [6.07, 6.45) is 0. The molecule has 0 atom stereocenters. The van der Waals surface area contributed by atoms with Gasteiger partial charge in [-0.15, -0.1) is 11.3 Å². The fourth-order valence-electron chi connectivity index (χ4n) is 2.77. The number of nitrogens with zero attached hydrogens (tertiary/aromatic N) is 2. The van der Waals surface area contributed by atoms with Gasteiger partial charge in [-0.05, 0) is 50.2 Å². The van der Waals surface area contributed by atoms with E-state index in [1.807, 2.05) is 12.1 Å². The predicted molar refractivity (Wildman–Crippen MR) is 111 cm³/mol. The Morgan fingerprint density at radius 3 is 2.36 bits per heavy atom. The molecule has 0 radical (unpaired) electrons. The Kier molecular flexibility index (Phi) is 7.73. The molecular formula is C21H25N3O3S. The van der Waals surface area contributed by atoms with E-state index in [-0.39, 0.29) is 12.5 Å². The van der Waals surface area contributed by atoms with Crippen LogP contribution in [0.2, 0.25) is 0 Å². The Hall–Kier alpha value is -2.69. The Labute approximate surface area is 169 Å². The normalized spacial score (nSPS) is 10.6. The molecule has 1 aromatic carbocycles. The number of amides is 1. The summed E-state index contributed by atoms with van der Waals surface area (Å²) in [6.45, 7) is 10.7. The number of ether oxygens (including phenoxy) is 1.